The number of aromatic nitrogens is 4. The molecule has 18 heavy (non-hydrogen) atoms. The molecule has 0 saturated heterocycles. The number of nitrogens with one attached hydrogen (secondary N) is 2. The number of benzene rings is 1. The normalized spacial score (nSPS) is 10.4. The van der Waals surface area contributed by atoms with Crippen LogP contribution in [-0.4, -0.2) is 20.2 Å². The molecule has 2 N–H and O–H groups in total. The van der Waals surface area contributed by atoms with Crippen LogP contribution in [0.1, 0.15) is 0 Å². The zero-order valence-corrected chi connectivity index (χ0v) is 9.42. The average Bonchev–Trinajstić information content (AvgIpc) is 2.90. The van der Waals surface area contributed by atoms with Crippen LogP contribution in [0, 0.1) is 0 Å². The first-order valence-corrected chi connectivity index (χ1v) is 5.50. The van der Waals surface area contributed by atoms with Crippen LogP contribution in [0.2, 0.25) is 0 Å². The van der Waals surface area contributed by atoms with Gasteiger partial charge in [-0.05, 0) is 6.07 Å². The summed E-state index contributed by atoms with van der Waals surface area (Å²) in [7, 11) is 0. The van der Waals surface area contributed by atoms with Gasteiger partial charge in [-0.15, -0.1) is 0 Å². The second kappa shape index (κ2) is 4.29. The summed E-state index contributed by atoms with van der Waals surface area (Å²) in [5.41, 5.74) is 1.60. The van der Waals surface area contributed by atoms with Crippen molar-refractivity contribution in [3.8, 4) is 22.8 Å². The lowest BCUT2D eigenvalue weighted by Crippen LogP contribution is -2.01. The highest BCUT2D eigenvalue weighted by Gasteiger charge is 2.06. The molecule has 0 aliphatic rings. The average molecular weight is 238 g/mol. The molecule has 0 fully saturated rings. The number of aromatic amines is 2. The first-order chi connectivity index (χ1) is 8.83. The summed E-state index contributed by atoms with van der Waals surface area (Å²) in [5, 5.41) is 7.02. The zero-order chi connectivity index (χ0) is 12.4. The molecular weight excluding hydrogens is 228 g/mol. The van der Waals surface area contributed by atoms with Crippen LogP contribution >= 0.6 is 0 Å². The van der Waals surface area contributed by atoms with Crippen molar-refractivity contribution in [3.05, 3.63) is 59.0 Å². The first kappa shape index (κ1) is 10.5. The maximum atomic E-state index is 11.0. The van der Waals surface area contributed by atoms with Crippen molar-refractivity contribution in [1.82, 2.24) is 20.2 Å². The maximum Gasteiger partial charge on any atom is 0.247 e. The fourth-order valence-electron chi connectivity index (χ4n) is 1.67. The standard InChI is InChI=1S/C13H10N4O/c18-11-7-6-10(8-14-11)13-15-12(16-17-13)9-4-2-1-3-5-9/h1-8H,(H,14,18)(H,15,16,17). The third-order valence-corrected chi connectivity index (χ3v) is 2.58. The van der Waals surface area contributed by atoms with Crippen molar-refractivity contribution in [2.24, 2.45) is 0 Å². The zero-order valence-electron chi connectivity index (χ0n) is 9.42. The fraction of sp³-hybridized carbons (Fsp3) is 0. The predicted molar refractivity (Wildman–Crippen MR) is 67.9 cm³/mol. The van der Waals surface area contributed by atoms with E-state index in [1.165, 1.54) is 6.07 Å². The van der Waals surface area contributed by atoms with Crippen LogP contribution in [0.4, 0.5) is 0 Å². The summed E-state index contributed by atoms with van der Waals surface area (Å²) in [6, 6.07) is 12.9. The largest absolute Gasteiger partial charge is 0.328 e. The van der Waals surface area contributed by atoms with Gasteiger partial charge in [0, 0.05) is 23.4 Å². The van der Waals surface area contributed by atoms with E-state index in [0.29, 0.717) is 11.6 Å². The van der Waals surface area contributed by atoms with Crippen LogP contribution in [0.3, 0.4) is 0 Å². The lowest BCUT2D eigenvalue weighted by molar-refractivity contribution is 1.09. The van der Waals surface area contributed by atoms with Crippen LogP contribution in [0.25, 0.3) is 22.8 Å². The molecule has 0 aliphatic heterocycles. The van der Waals surface area contributed by atoms with Gasteiger partial charge in [0.25, 0.3) is 0 Å². The van der Waals surface area contributed by atoms with E-state index in [2.05, 4.69) is 20.2 Å². The van der Waals surface area contributed by atoms with Crippen LogP contribution in [-0.2, 0) is 0 Å². The Morgan fingerprint density at radius 2 is 1.78 bits per heavy atom. The van der Waals surface area contributed by atoms with Gasteiger partial charge in [-0.25, -0.2) is 4.98 Å². The van der Waals surface area contributed by atoms with E-state index in [1.807, 2.05) is 30.3 Å². The maximum absolute atomic E-state index is 11.0. The number of pyridine rings is 1. The third kappa shape index (κ3) is 1.93. The topological polar surface area (TPSA) is 74.4 Å². The summed E-state index contributed by atoms with van der Waals surface area (Å²) in [6.07, 6.45) is 1.60. The lowest BCUT2D eigenvalue weighted by Gasteiger charge is -1.93. The minimum absolute atomic E-state index is 0.141. The molecule has 2 heterocycles. The van der Waals surface area contributed by atoms with Crippen molar-refractivity contribution in [1.29, 1.82) is 0 Å². The monoisotopic (exact) mass is 238 g/mol. The van der Waals surface area contributed by atoms with E-state index < -0.39 is 0 Å². The highest BCUT2D eigenvalue weighted by Crippen LogP contribution is 2.18. The Hall–Kier alpha value is -2.69. The molecule has 2 aromatic heterocycles. The molecule has 0 amide bonds. The predicted octanol–water partition coefficient (Wildman–Crippen LogP) is 1.83. The number of rotatable bonds is 2. The SMILES string of the molecule is O=c1ccc(-c2n[nH]c(-c3ccccc3)n2)c[nH]1. The van der Waals surface area contributed by atoms with Gasteiger partial charge in [0.15, 0.2) is 11.6 Å². The second-order valence-corrected chi connectivity index (χ2v) is 3.82. The lowest BCUT2D eigenvalue weighted by atomic mass is 10.2. The summed E-state index contributed by atoms with van der Waals surface area (Å²) in [5.74, 6) is 1.27. The Balaban J connectivity index is 1.99. The molecule has 0 radical (unpaired) electrons. The Morgan fingerprint density at radius 3 is 2.50 bits per heavy atom. The Kier molecular flexibility index (Phi) is 2.49. The van der Waals surface area contributed by atoms with Gasteiger partial charge in [0.05, 0.1) is 0 Å². The molecule has 0 aliphatic carbocycles. The number of nitrogens with zero attached hydrogens (tertiary/aromatic N) is 2. The quantitative estimate of drug-likeness (QED) is 0.715. The minimum atomic E-state index is -0.141. The third-order valence-electron chi connectivity index (χ3n) is 2.58. The second-order valence-electron chi connectivity index (χ2n) is 3.82. The van der Waals surface area contributed by atoms with Crippen molar-refractivity contribution in [2.45, 2.75) is 0 Å². The molecule has 3 rings (SSSR count). The summed E-state index contributed by atoms with van der Waals surface area (Å²) in [6.45, 7) is 0. The van der Waals surface area contributed by atoms with Gasteiger partial charge in [-0.1, -0.05) is 30.3 Å². The van der Waals surface area contributed by atoms with E-state index >= 15 is 0 Å². The Morgan fingerprint density at radius 1 is 0.944 bits per heavy atom. The first-order valence-electron chi connectivity index (χ1n) is 5.50. The van der Waals surface area contributed by atoms with Gasteiger partial charge in [-0.2, -0.15) is 5.10 Å². The van der Waals surface area contributed by atoms with Crippen molar-refractivity contribution in [3.63, 3.8) is 0 Å². The van der Waals surface area contributed by atoms with Crippen molar-refractivity contribution in [2.75, 3.05) is 0 Å². The van der Waals surface area contributed by atoms with Gasteiger partial charge in [-0.3, -0.25) is 9.89 Å². The Labute approximate surface area is 103 Å². The van der Waals surface area contributed by atoms with Gasteiger partial charge >= 0.3 is 0 Å². The summed E-state index contributed by atoms with van der Waals surface area (Å²) < 4.78 is 0. The van der Waals surface area contributed by atoms with Gasteiger partial charge in [0.2, 0.25) is 5.56 Å². The number of hydrogen-bond acceptors (Lipinski definition) is 3. The molecule has 0 bridgehead atoms. The highest BCUT2D eigenvalue weighted by atomic mass is 16.1. The van der Waals surface area contributed by atoms with Crippen molar-refractivity contribution >= 4 is 0 Å². The molecule has 0 spiro atoms. The van der Waals surface area contributed by atoms with Crippen molar-refractivity contribution < 1.29 is 0 Å². The summed E-state index contributed by atoms with van der Waals surface area (Å²) in [4.78, 5) is 18.0. The smallest absolute Gasteiger partial charge is 0.247 e. The fourth-order valence-corrected chi connectivity index (χ4v) is 1.67. The highest BCUT2D eigenvalue weighted by molar-refractivity contribution is 5.60. The molecule has 5 nitrogen and oxygen atoms in total. The Bertz CT molecular complexity index is 695. The van der Waals surface area contributed by atoms with Gasteiger partial charge < -0.3 is 4.98 Å². The van der Waals surface area contributed by atoms with E-state index in [0.717, 1.165) is 11.1 Å². The molecule has 0 unspecified atom stereocenters. The van der Waals surface area contributed by atoms with Crippen LogP contribution in [0.15, 0.2) is 53.5 Å². The number of hydrogen-bond donors (Lipinski definition) is 2. The molecule has 1 aromatic carbocycles. The molecular formula is C13H10N4O. The van der Waals surface area contributed by atoms with E-state index in [4.69, 9.17) is 0 Å². The van der Waals surface area contributed by atoms with Crippen LogP contribution in [0.5, 0.6) is 0 Å². The van der Waals surface area contributed by atoms with E-state index in [-0.39, 0.29) is 5.56 Å². The molecule has 0 saturated carbocycles. The van der Waals surface area contributed by atoms with E-state index in [1.54, 1.807) is 12.3 Å². The summed E-state index contributed by atoms with van der Waals surface area (Å²) >= 11 is 0. The van der Waals surface area contributed by atoms with Crippen LogP contribution < -0.4 is 5.56 Å². The number of H-pyrrole nitrogens is 2. The van der Waals surface area contributed by atoms with E-state index in [9.17, 15) is 4.79 Å². The molecule has 0 atom stereocenters. The van der Waals surface area contributed by atoms with Gasteiger partial charge in [0.1, 0.15) is 0 Å². The molecule has 5 heteroatoms. The molecule has 88 valence electrons. The minimum Gasteiger partial charge on any atom is -0.328 e. The molecule has 3 aromatic rings.